The van der Waals surface area contributed by atoms with Crippen molar-refractivity contribution in [3.63, 3.8) is 0 Å². The molecule has 0 aliphatic carbocycles. The average molecular weight is 451 g/mol. The summed E-state index contributed by atoms with van der Waals surface area (Å²) in [6.45, 7) is 7.85. The Bertz CT molecular complexity index is 1320. The van der Waals surface area contributed by atoms with Crippen LogP contribution in [0.3, 0.4) is 0 Å². The normalized spacial score (nSPS) is 16.1. The van der Waals surface area contributed by atoms with E-state index in [2.05, 4.69) is 27.1 Å². The summed E-state index contributed by atoms with van der Waals surface area (Å²) in [6, 6.07) is 0. The monoisotopic (exact) mass is 450 g/mol. The number of ether oxygens (including phenoxy) is 1. The third kappa shape index (κ3) is 3.53. The van der Waals surface area contributed by atoms with Crippen molar-refractivity contribution in [2.75, 3.05) is 13.1 Å². The van der Waals surface area contributed by atoms with Gasteiger partial charge in [-0.1, -0.05) is 12.1 Å². The Morgan fingerprint density at radius 2 is 2.12 bits per heavy atom. The third-order valence-corrected chi connectivity index (χ3v) is 6.17. The molecular weight excluding hydrogens is 424 g/mol. The van der Waals surface area contributed by atoms with Crippen molar-refractivity contribution in [1.29, 1.82) is 0 Å². The van der Waals surface area contributed by atoms with Crippen molar-refractivity contribution in [2.24, 2.45) is 7.05 Å². The number of hydrogen-bond acceptors (Lipinski definition) is 8. The molecule has 0 N–H and O–H groups in total. The van der Waals surface area contributed by atoms with Crippen molar-refractivity contribution in [2.45, 2.75) is 46.3 Å². The van der Waals surface area contributed by atoms with Gasteiger partial charge in [0.1, 0.15) is 29.6 Å². The molecule has 0 spiro atoms. The Kier molecular flexibility index (Phi) is 5.31. The van der Waals surface area contributed by atoms with Gasteiger partial charge in [-0.25, -0.2) is 9.97 Å². The molecule has 1 unspecified atom stereocenters. The van der Waals surface area contributed by atoms with Gasteiger partial charge in [-0.2, -0.15) is 10.1 Å². The predicted molar refractivity (Wildman–Crippen MR) is 119 cm³/mol. The zero-order valence-electron chi connectivity index (χ0n) is 19.1. The van der Waals surface area contributed by atoms with E-state index in [0.717, 1.165) is 23.6 Å². The van der Waals surface area contributed by atoms with Crippen LogP contribution >= 0.6 is 0 Å². The minimum atomic E-state index is -0.188. The molecular formula is C22H26N8O3. The zero-order valence-corrected chi connectivity index (χ0v) is 19.1. The topological polar surface area (TPSA) is 117 Å². The molecule has 5 heterocycles. The summed E-state index contributed by atoms with van der Waals surface area (Å²) in [4.78, 5) is 28.2. The molecule has 1 amide bonds. The molecule has 4 aromatic heterocycles. The van der Waals surface area contributed by atoms with Crippen molar-refractivity contribution in [1.82, 2.24) is 39.4 Å². The summed E-state index contributed by atoms with van der Waals surface area (Å²) in [5, 5.41) is 8.20. The number of fused-ring (bicyclic) bond motifs is 1. The molecule has 33 heavy (non-hydrogen) atoms. The molecule has 4 aromatic rings. The van der Waals surface area contributed by atoms with E-state index >= 15 is 0 Å². The second-order valence-electron chi connectivity index (χ2n) is 8.10. The SMILES string of the molecule is CCc1oncc1C(=O)N1CCC(Oc2ncnc3c2nc(-c2cnn(CC)c2C)n3C)C1. The molecule has 1 fully saturated rings. The molecule has 0 bridgehead atoms. The zero-order chi connectivity index (χ0) is 23.1. The van der Waals surface area contributed by atoms with Gasteiger partial charge in [0, 0.05) is 38.7 Å². The highest BCUT2D eigenvalue weighted by molar-refractivity contribution is 5.95. The molecule has 1 saturated heterocycles. The third-order valence-electron chi connectivity index (χ3n) is 6.17. The smallest absolute Gasteiger partial charge is 0.259 e. The number of carbonyl (C=O) groups excluding carboxylic acids is 1. The highest BCUT2D eigenvalue weighted by Gasteiger charge is 2.31. The maximum atomic E-state index is 12.9. The fourth-order valence-corrected chi connectivity index (χ4v) is 4.32. The quantitative estimate of drug-likeness (QED) is 0.440. The van der Waals surface area contributed by atoms with Crippen molar-refractivity contribution < 1.29 is 14.1 Å². The van der Waals surface area contributed by atoms with Gasteiger partial charge < -0.3 is 18.7 Å². The van der Waals surface area contributed by atoms with Crippen LogP contribution in [-0.2, 0) is 20.0 Å². The minimum absolute atomic E-state index is 0.0874. The molecule has 1 aliphatic heterocycles. The summed E-state index contributed by atoms with van der Waals surface area (Å²) in [5.41, 5.74) is 3.77. The fraction of sp³-hybridized carbons (Fsp3) is 0.455. The van der Waals surface area contributed by atoms with Crippen LogP contribution in [0, 0.1) is 6.92 Å². The van der Waals surface area contributed by atoms with E-state index in [1.807, 2.05) is 36.3 Å². The van der Waals surface area contributed by atoms with E-state index in [-0.39, 0.29) is 12.0 Å². The highest BCUT2D eigenvalue weighted by atomic mass is 16.5. The number of carbonyl (C=O) groups is 1. The Morgan fingerprint density at radius 1 is 1.27 bits per heavy atom. The first-order chi connectivity index (χ1) is 16.0. The molecule has 11 heteroatoms. The van der Waals surface area contributed by atoms with Crippen LogP contribution in [-0.4, -0.2) is 64.5 Å². The van der Waals surface area contributed by atoms with Gasteiger partial charge in [0.2, 0.25) is 5.88 Å². The van der Waals surface area contributed by atoms with E-state index in [0.29, 0.717) is 54.3 Å². The molecule has 0 radical (unpaired) electrons. The standard InChI is InChI=1S/C22H26N8O3/c1-5-17-16(10-26-33-17)22(31)29-8-7-14(11-29)32-21-18-20(23-12-24-21)28(4)19(27-18)15-9-25-30(6-2)13(15)3/h9-10,12,14H,5-8,11H2,1-4H3. The minimum Gasteiger partial charge on any atom is -0.471 e. The van der Waals surface area contributed by atoms with Gasteiger partial charge in [0.05, 0.1) is 24.5 Å². The summed E-state index contributed by atoms with van der Waals surface area (Å²) >= 11 is 0. The number of aryl methyl sites for hydroxylation is 3. The molecule has 1 aliphatic rings. The molecule has 11 nitrogen and oxygen atoms in total. The van der Waals surface area contributed by atoms with Gasteiger partial charge in [0.25, 0.3) is 5.91 Å². The van der Waals surface area contributed by atoms with Crippen LogP contribution in [0.2, 0.25) is 0 Å². The van der Waals surface area contributed by atoms with E-state index in [1.54, 1.807) is 4.90 Å². The summed E-state index contributed by atoms with van der Waals surface area (Å²) in [6.07, 6.45) is 5.92. The van der Waals surface area contributed by atoms with Gasteiger partial charge in [-0.3, -0.25) is 9.48 Å². The first-order valence-electron chi connectivity index (χ1n) is 11.1. The molecule has 172 valence electrons. The Labute approximate surface area is 190 Å². The lowest BCUT2D eigenvalue weighted by Crippen LogP contribution is -2.31. The first kappa shape index (κ1) is 21.1. The average Bonchev–Trinajstić information content (AvgIpc) is 3.60. The lowest BCUT2D eigenvalue weighted by Gasteiger charge is -2.16. The lowest BCUT2D eigenvalue weighted by atomic mass is 10.2. The van der Waals surface area contributed by atoms with E-state index in [1.165, 1.54) is 12.5 Å². The van der Waals surface area contributed by atoms with Crippen LogP contribution in [0.15, 0.2) is 23.2 Å². The second kappa shape index (κ2) is 8.30. The van der Waals surface area contributed by atoms with Crippen LogP contribution in [0.25, 0.3) is 22.6 Å². The van der Waals surface area contributed by atoms with Gasteiger partial charge in [0.15, 0.2) is 11.2 Å². The van der Waals surface area contributed by atoms with Gasteiger partial charge in [-0.05, 0) is 13.8 Å². The Hall–Kier alpha value is -3.76. The van der Waals surface area contributed by atoms with E-state index in [4.69, 9.17) is 14.2 Å². The maximum absolute atomic E-state index is 12.9. The lowest BCUT2D eigenvalue weighted by molar-refractivity contribution is 0.0769. The van der Waals surface area contributed by atoms with Crippen LogP contribution in [0.5, 0.6) is 5.88 Å². The van der Waals surface area contributed by atoms with Crippen molar-refractivity contribution >= 4 is 17.1 Å². The molecule has 0 aromatic carbocycles. The van der Waals surface area contributed by atoms with Gasteiger partial charge in [-0.15, -0.1) is 0 Å². The molecule has 0 saturated carbocycles. The number of likely N-dealkylation sites (tertiary alicyclic amines) is 1. The van der Waals surface area contributed by atoms with Crippen LogP contribution < -0.4 is 4.74 Å². The highest BCUT2D eigenvalue weighted by Crippen LogP contribution is 2.30. The summed E-state index contributed by atoms with van der Waals surface area (Å²) < 4.78 is 15.3. The van der Waals surface area contributed by atoms with E-state index < -0.39 is 0 Å². The Morgan fingerprint density at radius 3 is 2.88 bits per heavy atom. The second-order valence-corrected chi connectivity index (χ2v) is 8.10. The summed E-state index contributed by atoms with van der Waals surface area (Å²) in [7, 11) is 1.92. The maximum Gasteiger partial charge on any atom is 0.259 e. The molecule has 1 atom stereocenters. The van der Waals surface area contributed by atoms with E-state index in [9.17, 15) is 4.79 Å². The molecule has 5 rings (SSSR count). The van der Waals surface area contributed by atoms with Crippen molar-refractivity contribution in [3.05, 3.63) is 35.7 Å². The fourth-order valence-electron chi connectivity index (χ4n) is 4.32. The van der Waals surface area contributed by atoms with Crippen LogP contribution in [0.1, 0.15) is 42.1 Å². The number of aromatic nitrogens is 7. The first-order valence-corrected chi connectivity index (χ1v) is 11.1. The number of nitrogens with zero attached hydrogens (tertiary/aromatic N) is 8. The van der Waals surface area contributed by atoms with Gasteiger partial charge >= 0.3 is 0 Å². The number of hydrogen-bond donors (Lipinski definition) is 0. The predicted octanol–water partition coefficient (Wildman–Crippen LogP) is 2.40. The largest absolute Gasteiger partial charge is 0.471 e. The Balaban J connectivity index is 1.39. The summed E-state index contributed by atoms with van der Waals surface area (Å²) in [5.74, 6) is 1.69. The number of amides is 1. The number of rotatable bonds is 6. The van der Waals surface area contributed by atoms with Crippen LogP contribution in [0.4, 0.5) is 0 Å². The van der Waals surface area contributed by atoms with Crippen molar-refractivity contribution in [3.8, 4) is 17.3 Å². The number of imidazole rings is 1.